The van der Waals surface area contributed by atoms with Crippen LogP contribution in [0.1, 0.15) is 23.6 Å². The Balaban J connectivity index is 1.67. The maximum absolute atomic E-state index is 12.9. The molecule has 2 aromatic carbocycles. The summed E-state index contributed by atoms with van der Waals surface area (Å²) in [5.41, 5.74) is 1.89. The van der Waals surface area contributed by atoms with Crippen LogP contribution >= 0.6 is 11.3 Å². The maximum atomic E-state index is 12.9. The summed E-state index contributed by atoms with van der Waals surface area (Å²) in [5.74, 6) is 1.35. The van der Waals surface area contributed by atoms with Crippen molar-refractivity contribution in [3.63, 3.8) is 0 Å². The second kappa shape index (κ2) is 8.34. The van der Waals surface area contributed by atoms with Crippen molar-refractivity contribution in [2.75, 3.05) is 13.2 Å². The van der Waals surface area contributed by atoms with Crippen LogP contribution in [-0.4, -0.2) is 21.6 Å². The molecule has 7 heteroatoms. The molecule has 1 aromatic heterocycles. The molecule has 0 radical (unpaired) electrons. The van der Waals surface area contributed by atoms with Crippen LogP contribution < -0.4 is 14.2 Å². The quantitative estimate of drug-likeness (QED) is 0.656. The smallest absolute Gasteiger partial charge is 0.250 e. The Morgan fingerprint density at radius 3 is 2.50 bits per heavy atom. The lowest BCUT2D eigenvalue weighted by Gasteiger charge is -2.20. The maximum Gasteiger partial charge on any atom is 0.250 e. The van der Waals surface area contributed by atoms with Gasteiger partial charge in [-0.2, -0.15) is 0 Å². The summed E-state index contributed by atoms with van der Waals surface area (Å²) in [6, 6.07) is 18.4. The predicted molar refractivity (Wildman–Crippen MR) is 110 cm³/mol. The van der Waals surface area contributed by atoms with Gasteiger partial charge in [0.2, 0.25) is 0 Å². The molecule has 0 fully saturated rings. The number of nitrogens with one attached hydrogen (secondary N) is 1. The van der Waals surface area contributed by atoms with Crippen LogP contribution in [0.3, 0.4) is 0 Å². The van der Waals surface area contributed by atoms with E-state index in [0.29, 0.717) is 35.3 Å². The van der Waals surface area contributed by atoms with E-state index in [9.17, 15) is 8.42 Å². The fourth-order valence-electron chi connectivity index (χ4n) is 3.14. The molecule has 0 saturated carbocycles. The average Bonchev–Trinajstić information content (AvgIpc) is 3.15. The van der Waals surface area contributed by atoms with Gasteiger partial charge < -0.3 is 9.47 Å². The lowest BCUT2D eigenvalue weighted by Crippen LogP contribution is -2.29. The summed E-state index contributed by atoms with van der Waals surface area (Å²) in [6.07, 6.45) is 1.35. The first-order valence-electron chi connectivity index (χ1n) is 9.11. The molecule has 0 bridgehead atoms. The highest BCUT2D eigenvalue weighted by molar-refractivity contribution is 7.91. The summed E-state index contributed by atoms with van der Waals surface area (Å²) in [4.78, 5) is 0. The van der Waals surface area contributed by atoms with Crippen molar-refractivity contribution >= 4 is 21.4 Å². The zero-order valence-corrected chi connectivity index (χ0v) is 16.8. The molecule has 0 spiro atoms. The Morgan fingerprint density at radius 2 is 1.75 bits per heavy atom. The standard InChI is InChI=1S/C21H21NO4S2/c23-28(24,21-8-4-13-27-21)22-18(14-16-6-2-1-3-7-16)17-9-10-19-20(15-17)26-12-5-11-25-19/h1-4,6-10,13,15,18,22H,5,11-12,14H2. The van der Waals surface area contributed by atoms with Gasteiger partial charge in [0.05, 0.1) is 19.3 Å². The van der Waals surface area contributed by atoms with Gasteiger partial charge in [0.25, 0.3) is 10.0 Å². The van der Waals surface area contributed by atoms with Gasteiger partial charge in [-0.25, -0.2) is 13.1 Å². The van der Waals surface area contributed by atoms with Crippen molar-refractivity contribution < 1.29 is 17.9 Å². The minimum atomic E-state index is -3.62. The van der Waals surface area contributed by atoms with Gasteiger partial charge in [0.15, 0.2) is 11.5 Å². The first kappa shape index (κ1) is 19.0. The Labute approximate surface area is 169 Å². The molecule has 1 aliphatic rings. The summed E-state index contributed by atoms with van der Waals surface area (Å²) < 4.78 is 40.4. The van der Waals surface area contributed by atoms with Crippen molar-refractivity contribution in [1.82, 2.24) is 4.72 Å². The summed E-state index contributed by atoms with van der Waals surface area (Å²) in [5, 5.41) is 1.76. The lowest BCUT2D eigenvalue weighted by atomic mass is 9.99. The third-order valence-electron chi connectivity index (χ3n) is 4.51. The third-order valence-corrected chi connectivity index (χ3v) is 7.38. The second-order valence-corrected chi connectivity index (χ2v) is 9.44. The van der Waals surface area contributed by atoms with Crippen LogP contribution in [0.25, 0.3) is 0 Å². The van der Waals surface area contributed by atoms with E-state index < -0.39 is 16.1 Å². The van der Waals surface area contributed by atoms with Crippen LogP contribution in [-0.2, 0) is 16.4 Å². The number of hydrogen-bond donors (Lipinski definition) is 1. The topological polar surface area (TPSA) is 64.6 Å². The minimum absolute atomic E-state index is 0.305. The molecule has 0 saturated heterocycles. The van der Waals surface area contributed by atoms with Gasteiger partial charge in [-0.3, -0.25) is 0 Å². The van der Waals surface area contributed by atoms with Crippen molar-refractivity contribution in [3.8, 4) is 11.5 Å². The molecule has 5 nitrogen and oxygen atoms in total. The van der Waals surface area contributed by atoms with Crippen LogP contribution in [0.2, 0.25) is 0 Å². The van der Waals surface area contributed by atoms with Gasteiger partial charge in [-0.15, -0.1) is 11.3 Å². The lowest BCUT2D eigenvalue weighted by molar-refractivity contribution is 0.297. The first-order chi connectivity index (χ1) is 13.6. The molecule has 2 heterocycles. The fraction of sp³-hybridized carbons (Fsp3) is 0.238. The largest absolute Gasteiger partial charge is 0.490 e. The number of fused-ring (bicyclic) bond motifs is 1. The van der Waals surface area contributed by atoms with Gasteiger partial charge in [-0.1, -0.05) is 42.5 Å². The van der Waals surface area contributed by atoms with E-state index >= 15 is 0 Å². The number of ether oxygens (including phenoxy) is 2. The molecule has 0 aliphatic carbocycles. The summed E-state index contributed by atoms with van der Waals surface area (Å²) in [7, 11) is -3.62. The normalized spacial score (nSPS) is 15.0. The molecule has 146 valence electrons. The van der Waals surface area contributed by atoms with Crippen molar-refractivity contribution in [2.24, 2.45) is 0 Å². The first-order valence-corrected chi connectivity index (χ1v) is 11.5. The average molecular weight is 416 g/mol. The van der Waals surface area contributed by atoms with E-state index in [1.807, 2.05) is 48.5 Å². The number of rotatable bonds is 6. The number of thiophene rings is 1. The van der Waals surface area contributed by atoms with Crippen molar-refractivity contribution in [2.45, 2.75) is 23.1 Å². The third kappa shape index (κ3) is 4.38. The molecule has 1 N–H and O–H groups in total. The van der Waals surface area contributed by atoms with Crippen LogP contribution in [0.15, 0.2) is 70.3 Å². The molecule has 1 aliphatic heterocycles. The molecule has 4 rings (SSSR count). The van der Waals surface area contributed by atoms with E-state index in [1.54, 1.807) is 17.5 Å². The van der Waals surface area contributed by atoms with Crippen LogP contribution in [0, 0.1) is 0 Å². The fourth-order valence-corrected chi connectivity index (χ4v) is 5.37. The highest BCUT2D eigenvalue weighted by atomic mass is 32.2. The van der Waals surface area contributed by atoms with E-state index in [0.717, 1.165) is 17.5 Å². The van der Waals surface area contributed by atoms with Crippen molar-refractivity contribution in [3.05, 3.63) is 77.2 Å². The molecule has 1 unspecified atom stereocenters. The SMILES string of the molecule is O=S(=O)(NC(Cc1ccccc1)c1ccc2c(c1)OCCCO2)c1cccs1. The molecular formula is C21H21NO4S2. The van der Waals surface area contributed by atoms with E-state index in [4.69, 9.17) is 9.47 Å². The Morgan fingerprint density at radius 1 is 0.964 bits per heavy atom. The predicted octanol–water partition coefficient (Wildman–Crippen LogP) is 4.17. The highest BCUT2D eigenvalue weighted by Crippen LogP contribution is 2.34. The van der Waals surface area contributed by atoms with Gasteiger partial charge in [-0.05, 0) is 41.1 Å². The molecular weight excluding hydrogens is 394 g/mol. The van der Waals surface area contributed by atoms with Crippen molar-refractivity contribution in [1.29, 1.82) is 0 Å². The van der Waals surface area contributed by atoms with Gasteiger partial charge >= 0.3 is 0 Å². The van der Waals surface area contributed by atoms with Crippen LogP contribution in [0.5, 0.6) is 11.5 Å². The molecule has 28 heavy (non-hydrogen) atoms. The van der Waals surface area contributed by atoms with Gasteiger partial charge in [0, 0.05) is 6.42 Å². The Kier molecular flexibility index (Phi) is 5.66. The molecule has 1 atom stereocenters. The van der Waals surface area contributed by atoms with E-state index in [-0.39, 0.29) is 0 Å². The zero-order chi connectivity index (χ0) is 19.4. The minimum Gasteiger partial charge on any atom is -0.490 e. The Hall–Kier alpha value is -2.35. The summed E-state index contributed by atoms with van der Waals surface area (Å²) >= 11 is 1.20. The van der Waals surface area contributed by atoms with E-state index in [2.05, 4.69) is 4.72 Å². The molecule has 0 amide bonds. The van der Waals surface area contributed by atoms with E-state index in [1.165, 1.54) is 11.3 Å². The van der Waals surface area contributed by atoms with Crippen LogP contribution in [0.4, 0.5) is 0 Å². The second-order valence-electron chi connectivity index (χ2n) is 6.55. The number of benzene rings is 2. The monoisotopic (exact) mass is 415 g/mol. The number of sulfonamides is 1. The summed E-state index contributed by atoms with van der Waals surface area (Å²) in [6.45, 7) is 1.20. The highest BCUT2D eigenvalue weighted by Gasteiger charge is 2.24. The zero-order valence-electron chi connectivity index (χ0n) is 15.2. The Bertz CT molecular complexity index is 1020. The molecule has 3 aromatic rings. The van der Waals surface area contributed by atoms with Gasteiger partial charge in [0.1, 0.15) is 4.21 Å². The number of hydrogen-bond acceptors (Lipinski definition) is 5.